The number of benzene rings is 1. The minimum absolute atomic E-state index is 0.187. The van der Waals surface area contributed by atoms with E-state index in [0.717, 1.165) is 31.4 Å². The summed E-state index contributed by atoms with van der Waals surface area (Å²) in [6.45, 7) is 15.3. The van der Waals surface area contributed by atoms with Crippen LogP contribution in [0.4, 0.5) is 5.69 Å². The Morgan fingerprint density at radius 2 is 1.11 bits per heavy atom. The van der Waals surface area contributed by atoms with E-state index in [1.807, 2.05) is 18.7 Å². The number of nitrogens with zero attached hydrogens (tertiary/aromatic N) is 1. The van der Waals surface area contributed by atoms with Gasteiger partial charge in [0.2, 0.25) is 0 Å². The highest BCUT2D eigenvalue weighted by molar-refractivity contribution is 5.49. The number of aliphatic hydroxyl groups is 2. The van der Waals surface area contributed by atoms with E-state index < -0.39 is 12.2 Å². The fraction of sp³-hybridized carbons (Fsp3) is 0.800. The van der Waals surface area contributed by atoms with E-state index in [9.17, 15) is 15.3 Å². The normalized spacial score (nSPS) is 14.4. The predicted octanol–water partition coefficient (Wildman–Crippen LogP) is 6.41. The Kier molecular flexibility index (Phi) is 22.0. The molecule has 6 nitrogen and oxygen atoms in total. The van der Waals surface area contributed by atoms with E-state index in [2.05, 4.69) is 27.7 Å². The van der Waals surface area contributed by atoms with Crippen molar-refractivity contribution in [2.45, 2.75) is 105 Å². The van der Waals surface area contributed by atoms with Gasteiger partial charge in [-0.05, 0) is 48.9 Å². The van der Waals surface area contributed by atoms with Gasteiger partial charge in [-0.15, -0.1) is 0 Å². The van der Waals surface area contributed by atoms with Crippen molar-refractivity contribution in [1.29, 1.82) is 0 Å². The molecule has 1 aromatic carbocycles. The fourth-order valence-corrected chi connectivity index (χ4v) is 4.10. The van der Waals surface area contributed by atoms with Crippen molar-refractivity contribution in [3.63, 3.8) is 0 Å². The Labute approximate surface area is 222 Å². The summed E-state index contributed by atoms with van der Waals surface area (Å²) in [5.41, 5.74) is 0.833. The van der Waals surface area contributed by atoms with Crippen LogP contribution in [0.5, 0.6) is 5.75 Å². The summed E-state index contributed by atoms with van der Waals surface area (Å²) in [5, 5.41) is 30.9. The number of aliphatic hydroxyl groups excluding tert-OH is 2. The third-order valence-electron chi connectivity index (χ3n) is 6.49. The van der Waals surface area contributed by atoms with Gasteiger partial charge in [-0.2, -0.15) is 0 Å². The van der Waals surface area contributed by atoms with E-state index in [0.29, 0.717) is 38.1 Å². The van der Waals surface area contributed by atoms with Crippen molar-refractivity contribution in [2.75, 3.05) is 44.4 Å². The second-order valence-electron chi connectivity index (χ2n) is 9.64. The first-order valence-electron chi connectivity index (χ1n) is 14.5. The van der Waals surface area contributed by atoms with Gasteiger partial charge < -0.3 is 29.7 Å². The van der Waals surface area contributed by atoms with E-state index in [1.54, 1.807) is 24.3 Å². The maximum atomic E-state index is 10.6. The Morgan fingerprint density at radius 1 is 0.694 bits per heavy atom. The average molecular weight is 512 g/mol. The SMILES string of the molecule is CC.CCCCC(CC)COCC(O)CN(CC(O)COCC(CC)CCCC)c1ccc(O)cc1. The maximum absolute atomic E-state index is 10.6. The molecule has 0 spiro atoms. The second-order valence-corrected chi connectivity index (χ2v) is 9.64. The van der Waals surface area contributed by atoms with Crippen LogP contribution in [0, 0.1) is 11.8 Å². The molecule has 6 heteroatoms. The third kappa shape index (κ3) is 16.4. The predicted molar refractivity (Wildman–Crippen MR) is 152 cm³/mol. The molecule has 0 aliphatic heterocycles. The molecule has 1 aromatic rings. The Morgan fingerprint density at radius 3 is 1.47 bits per heavy atom. The van der Waals surface area contributed by atoms with Crippen LogP contribution < -0.4 is 4.90 Å². The zero-order chi connectivity index (χ0) is 27.2. The Bertz CT molecular complexity index is 568. The number of rotatable bonds is 21. The molecule has 0 saturated carbocycles. The number of anilines is 1. The molecule has 0 saturated heterocycles. The molecular formula is C30H57NO5. The van der Waals surface area contributed by atoms with Crippen molar-refractivity contribution < 1.29 is 24.8 Å². The lowest BCUT2D eigenvalue weighted by molar-refractivity contribution is 0.0133. The highest BCUT2D eigenvalue weighted by atomic mass is 16.5. The number of hydrogen-bond acceptors (Lipinski definition) is 6. The van der Waals surface area contributed by atoms with Gasteiger partial charge in [0, 0.05) is 32.0 Å². The molecule has 0 fully saturated rings. The average Bonchev–Trinajstić information content (AvgIpc) is 2.89. The minimum Gasteiger partial charge on any atom is -0.508 e. The van der Waals surface area contributed by atoms with Crippen molar-refractivity contribution in [1.82, 2.24) is 0 Å². The molecule has 3 N–H and O–H groups in total. The van der Waals surface area contributed by atoms with Crippen LogP contribution in [0.15, 0.2) is 24.3 Å². The van der Waals surface area contributed by atoms with Gasteiger partial charge >= 0.3 is 0 Å². The lowest BCUT2D eigenvalue weighted by Gasteiger charge is -2.30. The first-order valence-corrected chi connectivity index (χ1v) is 14.5. The zero-order valence-electron chi connectivity index (χ0n) is 24.1. The summed E-state index contributed by atoms with van der Waals surface area (Å²) in [5.74, 6) is 1.25. The van der Waals surface area contributed by atoms with Crippen molar-refractivity contribution in [3.05, 3.63) is 24.3 Å². The molecule has 0 heterocycles. The highest BCUT2D eigenvalue weighted by Crippen LogP contribution is 2.20. The molecule has 0 aliphatic carbocycles. The molecule has 212 valence electrons. The molecule has 1 rings (SSSR count). The van der Waals surface area contributed by atoms with Gasteiger partial charge in [0.1, 0.15) is 5.75 Å². The lowest BCUT2D eigenvalue weighted by atomic mass is 10.0. The number of hydrogen-bond donors (Lipinski definition) is 3. The molecule has 0 amide bonds. The molecule has 36 heavy (non-hydrogen) atoms. The summed E-state index contributed by atoms with van der Waals surface area (Å²) in [6.07, 6.45) is 7.91. The summed E-state index contributed by atoms with van der Waals surface area (Å²) < 4.78 is 11.7. The molecular weight excluding hydrogens is 454 g/mol. The van der Waals surface area contributed by atoms with Crippen LogP contribution in [0.2, 0.25) is 0 Å². The van der Waals surface area contributed by atoms with Crippen LogP contribution in [0.25, 0.3) is 0 Å². The number of phenols is 1. The molecule has 0 bridgehead atoms. The summed E-state index contributed by atoms with van der Waals surface area (Å²) in [6, 6.07) is 6.83. The topological polar surface area (TPSA) is 82.4 Å². The summed E-state index contributed by atoms with van der Waals surface area (Å²) in [7, 11) is 0. The minimum atomic E-state index is -0.677. The number of unbranched alkanes of at least 4 members (excludes halogenated alkanes) is 2. The summed E-state index contributed by atoms with van der Waals surface area (Å²) >= 11 is 0. The van der Waals surface area contributed by atoms with Crippen molar-refractivity contribution in [3.8, 4) is 5.75 Å². The molecule has 4 atom stereocenters. The van der Waals surface area contributed by atoms with Crippen LogP contribution in [-0.2, 0) is 9.47 Å². The molecule has 0 radical (unpaired) electrons. The highest BCUT2D eigenvalue weighted by Gasteiger charge is 2.18. The van der Waals surface area contributed by atoms with Gasteiger partial charge in [0.15, 0.2) is 0 Å². The second kappa shape index (κ2) is 22.8. The fourth-order valence-electron chi connectivity index (χ4n) is 4.10. The standard InChI is InChI=1S/C28H51NO5.C2H6/c1-5-9-11-23(7-3)19-33-21-27(31)17-29(25-13-15-26(30)16-14-25)18-28(32)22-34-20-24(8-4)12-10-6-2;1-2/h13-16,23-24,27-28,30-32H,5-12,17-22H2,1-4H3;1-2H3. The van der Waals surface area contributed by atoms with E-state index in [-0.39, 0.29) is 19.0 Å². The van der Waals surface area contributed by atoms with Crippen molar-refractivity contribution in [2.24, 2.45) is 11.8 Å². The van der Waals surface area contributed by atoms with Crippen LogP contribution in [0.3, 0.4) is 0 Å². The lowest BCUT2D eigenvalue weighted by Crippen LogP contribution is -2.41. The number of ether oxygens (including phenoxy) is 2. The van der Waals surface area contributed by atoms with Crippen molar-refractivity contribution >= 4 is 5.69 Å². The number of aromatic hydroxyl groups is 1. The van der Waals surface area contributed by atoms with Gasteiger partial charge in [-0.1, -0.05) is 80.1 Å². The van der Waals surface area contributed by atoms with E-state index in [4.69, 9.17) is 9.47 Å². The smallest absolute Gasteiger partial charge is 0.115 e. The molecule has 0 aliphatic rings. The molecule has 0 aromatic heterocycles. The first-order chi connectivity index (χ1) is 17.4. The maximum Gasteiger partial charge on any atom is 0.115 e. The van der Waals surface area contributed by atoms with Crippen LogP contribution in [-0.4, -0.2) is 67.0 Å². The van der Waals surface area contributed by atoms with Gasteiger partial charge in [-0.3, -0.25) is 0 Å². The molecule has 4 unspecified atom stereocenters. The van der Waals surface area contributed by atoms with Gasteiger partial charge in [0.05, 0.1) is 25.4 Å². The van der Waals surface area contributed by atoms with E-state index in [1.165, 1.54) is 25.7 Å². The monoisotopic (exact) mass is 511 g/mol. The Hall–Kier alpha value is -1.34. The largest absolute Gasteiger partial charge is 0.508 e. The van der Waals surface area contributed by atoms with E-state index >= 15 is 0 Å². The number of phenolic OH excluding ortho intramolecular Hbond substituents is 1. The van der Waals surface area contributed by atoms with Gasteiger partial charge in [0.25, 0.3) is 0 Å². The quantitative estimate of drug-likeness (QED) is 0.177. The van der Waals surface area contributed by atoms with Gasteiger partial charge in [-0.25, -0.2) is 0 Å². The van der Waals surface area contributed by atoms with Crippen LogP contribution >= 0.6 is 0 Å². The first kappa shape index (κ1) is 34.7. The summed E-state index contributed by atoms with van der Waals surface area (Å²) in [4.78, 5) is 1.93. The Balaban J connectivity index is 0.00000596. The zero-order valence-corrected chi connectivity index (χ0v) is 24.1. The van der Waals surface area contributed by atoms with Crippen LogP contribution in [0.1, 0.15) is 92.9 Å². The third-order valence-corrected chi connectivity index (χ3v) is 6.49.